The second-order valence-electron chi connectivity index (χ2n) is 6.12. The SMILES string of the molecule is O=C(NCCC[NH+]1CCOCC1)c1cc2sc3ccccc3c2s1. The first kappa shape index (κ1) is 16.0. The van der Waals surface area contributed by atoms with E-state index in [0.717, 1.165) is 50.7 Å². The van der Waals surface area contributed by atoms with Gasteiger partial charge in [-0.15, -0.1) is 22.7 Å². The number of amides is 1. The van der Waals surface area contributed by atoms with E-state index in [1.807, 2.05) is 6.07 Å². The minimum Gasteiger partial charge on any atom is -0.370 e. The molecule has 126 valence electrons. The molecule has 0 spiro atoms. The van der Waals surface area contributed by atoms with Crippen molar-refractivity contribution in [2.45, 2.75) is 6.42 Å². The first-order valence-electron chi connectivity index (χ1n) is 8.42. The lowest BCUT2D eigenvalue weighted by Crippen LogP contribution is -3.14. The summed E-state index contributed by atoms with van der Waals surface area (Å²) >= 11 is 3.37. The predicted molar refractivity (Wildman–Crippen MR) is 101 cm³/mol. The zero-order chi connectivity index (χ0) is 16.4. The molecule has 0 bridgehead atoms. The lowest BCUT2D eigenvalue weighted by atomic mass is 10.2. The van der Waals surface area contributed by atoms with E-state index in [0.29, 0.717) is 0 Å². The van der Waals surface area contributed by atoms with Crippen LogP contribution < -0.4 is 10.2 Å². The highest BCUT2D eigenvalue weighted by Crippen LogP contribution is 2.39. The molecule has 1 amide bonds. The zero-order valence-electron chi connectivity index (χ0n) is 13.5. The Morgan fingerprint density at radius 3 is 2.88 bits per heavy atom. The Hall–Kier alpha value is -1.47. The Bertz CT molecular complexity index is 849. The van der Waals surface area contributed by atoms with Crippen LogP contribution in [0.4, 0.5) is 0 Å². The third-order valence-corrected chi connectivity index (χ3v) is 6.88. The maximum atomic E-state index is 12.4. The van der Waals surface area contributed by atoms with Crippen LogP contribution in [0, 0.1) is 0 Å². The largest absolute Gasteiger partial charge is 0.370 e. The summed E-state index contributed by atoms with van der Waals surface area (Å²) in [5.41, 5.74) is 0. The molecule has 0 unspecified atom stereocenters. The lowest BCUT2D eigenvalue weighted by molar-refractivity contribution is -0.908. The molecule has 1 saturated heterocycles. The summed E-state index contributed by atoms with van der Waals surface area (Å²) in [5.74, 6) is 0.0597. The number of hydrogen-bond donors (Lipinski definition) is 2. The summed E-state index contributed by atoms with van der Waals surface area (Å²) in [4.78, 5) is 14.8. The van der Waals surface area contributed by atoms with Crippen LogP contribution in [0.5, 0.6) is 0 Å². The second kappa shape index (κ2) is 7.19. The standard InChI is InChI=1S/C18H20N2O2S2/c21-18(19-6-3-7-20-8-10-22-11-9-20)16-12-15-17(24-16)13-4-1-2-5-14(13)23-15/h1-2,4-5,12H,3,6-11H2,(H,19,21)/p+1. The maximum absolute atomic E-state index is 12.4. The fraction of sp³-hybridized carbons (Fsp3) is 0.389. The van der Waals surface area contributed by atoms with E-state index in [-0.39, 0.29) is 5.91 Å². The third-order valence-electron chi connectivity index (χ3n) is 4.47. The van der Waals surface area contributed by atoms with E-state index in [1.165, 1.54) is 19.5 Å². The Labute approximate surface area is 149 Å². The lowest BCUT2D eigenvalue weighted by Gasteiger charge is -2.23. The molecule has 0 aliphatic carbocycles. The van der Waals surface area contributed by atoms with Crippen LogP contribution in [0.1, 0.15) is 16.1 Å². The first-order valence-corrected chi connectivity index (χ1v) is 10.0. The number of carbonyl (C=O) groups is 1. The van der Waals surface area contributed by atoms with E-state index in [2.05, 4.69) is 29.6 Å². The van der Waals surface area contributed by atoms with Gasteiger partial charge in [-0.2, -0.15) is 0 Å². The smallest absolute Gasteiger partial charge is 0.261 e. The molecule has 1 aliphatic rings. The molecule has 0 saturated carbocycles. The first-order chi connectivity index (χ1) is 11.8. The average Bonchev–Trinajstić information content (AvgIpc) is 3.17. The molecule has 3 heterocycles. The van der Waals surface area contributed by atoms with E-state index in [1.54, 1.807) is 27.6 Å². The molecule has 1 aliphatic heterocycles. The van der Waals surface area contributed by atoms with E-state index in [9.17, 15) is 4.79 Å². The molecule has 24 heavy (non-hydrogen) atoms. The Morgan fingerprint density at radius 1 is 1.17 bits per heavy atom. The van der Waals surface area contributed by atoms with Crippen molar-refractivity contribution in [1.82, 2.24) is 5.32 Å². The van der Waals surface area contributed by atoms with Crippen LogP contribution in [0.2, 0.25) is 0 Å². The highest BCUT2D eigenvalue weighted by Gasteiger charge is 2.15. The van der Waals surface area contributed by atoms with Gasteiger partial charge in [-0.1, -0.05) is 18.2 Å². The van der Waals surface area contributed by atoms with Crippen molar-refractivity contribution in [2.24, 2.45) is 0 Å². The molecule has 1 aromatic carbocycles. The molecule has 1 fully saturated rings. The summed E-state index contributed by atoms with van der Waals surface area (Å²) in [6.07, 6.45) is 1.02. The van der Waals surface area contributed by atoms with Crippen molar-refractivity contribution in [1.29, 1.82) is 0 Å². The van der Waals surface area contributed by atoms with Crippen molar-refractivity contribution in [3.05, 3.63) is 35.2 Å². The highest BCUT2D eigenvalue weighted by molar-refractivity contribution is 7.33. The summed E-state index contributed by atoms with van der Waals surface area (Å²) in [6, 6.07) is 10.4. The Balaban J connectivity index is 1.35. The van der Waals surface area contributed by atoms with Gasteiger partial charge in [-0.05, 0) is 12.1 Å². The fourth-order valence-electron chi connectivity index (χ4n) is 3.15. The van der Waals surface area contributed by atoms with Crippen LogP contribution >= 0.6 is 22.7 Å². The number of benzene rings is 1. The molecule has 4 nitrogen and oxygen atoms in total. The topological polar surface area (TPSA) is 42.8 Å². The molecule has 6 heteroatoms. The maximum Gasteiger partial charge on any atom is 0.261 e. The van der Waals surface area contributed by atoms with Gasteiger partial charge in [0.1, 0.15) is 13.1 Å². The molecule has 2 N–H and O–H groups in total. The van der Waals surface area contributed by atoms with Crippen molar-refractivity contribution < 1.29 is 14.4 Å². The van der Waals surface area contributed by atoms with Gasteiger partial charge in [0.05, 0.1) is 29.3 Å². The van der Waals surface area contributed by atoms with Crippen LogP contribution in [0.3, 0.4) is 0 Å². The number of morpholine rings is 1. The molecular weight excluding hydrogens is 340 g/mol. The minimum atomic E-state index is 0.0597. The van der Waals surface area contributed by atoms with Crippen LogP contribution in [-0.2, 0) is 4.74 Å². The normalized spacial score (nSPS) is 16.0. The van der Waals surface area contributed by atoms with Gasteiger partial charge >= 0.3 is 0 Å². The molecule has 0 radical (unpaired) electrons. The predicted octanol–water partition coefficient (Wildman–Crippen LogP) is 2.15. The van der Waals surface area contributed by atoms with Gasteiger partial charge in [-0.25, -0.2) is 0 Å². The summed E-state index contributed by atoms with van der Waals surface area (Å²) in [6.45, 7) is 5.75. The zero-order valence-corrected chi connectivity index (χ0v) is 15.1. The number of fused-ring (bicyclic) bond motifs is 3. The number of quaternary nitrogens is 1. The van der Waals surface area contributed by atoms with Gasteiger partial charge in [0.15, 0.2) is 0 Å². The van der Waals surface area contributed by atoms with Crippen molar-refractivity contribution >= 4 is 48.1 Å². The number of hydrogen-bond acceptors (Lipinski definition) is 4. The number of rotatable bonds is 5. The fourth-order valence-corrected chi connectivity index (χ4v) is 5.59. The highest BCUT2D eigenvalue weighted by atomic mass is 32.1. The summed E-state index contributed by atoms with van der Waals surface area (Å²) in [7, 11) is 0. The van der Waals surface area contributed by atoms with Gasteiger partial charge in [0.2, 0.25) is 0 Å². The van der Waals surface area contributed by atoms with E-state index >= 15 is 0 Å². The van der Waals surface area contributed by atoms with Gasteiger partial charge < -0.3 is 15.0 Å². The van der Waals surface area contributed by atoms with E-state index < -0.39 is 0 Å². The average molecular weight is 362 g/mol. The number of carbonyl (C=O) groups excluding carboxylic acids is 1. The second-order valence-corrected chi connectivity index (χ2v) is 8.26. The summed E-state index contributed by atoms with van der Waals surface area (Å²) in [5, 5.41) is 4.33. The van der Waals surface area contributed by atoms with Gasteiger partial charge in [0.25, 0.3) is 5.91 Å². The van der Waals surface area contributed by atoms with Crippen molar-refractivity contribution in [3.63, 3.8) is 0 Å². The number of thiophene rings is 2. The third kappa shape index (κ3) is 3.32. The monoisotopic (exact) mass is 361 g/mol. The number of nitrogens with one attached hydrogen (secondary N) is 2. The quantitative estimate of drug-likeness (QED) is 0.684. The number of ether oxygens (including phenoxy) is 1. The van der Waals surface area contributed by atoms with Crippen molar-refractivity contribution in [3.8, 4) is 0 Å². The Morgan fingerprint density at radius 2 is 2.00 bits per heavy atom. The van der Waals surface area contributed by atoms with Crippen LogP contribution in [0.25, 0.3) is 19.5 Å². The Kier molecular flexibility index (Phi) is 4.80. The van der Waals surface area contributed by atoms with Gasteiger partial charge in [-0.3, -0.25) is 4.79 Å². The van der Waals surface area contributed by atoms with Gasteiger partial charge in [0, 0.05) is 27.8 Å². The molecule has 0 atom stereocenters. The molecular formula is C18H21N2O2S2+. The minimum absolute atomic E-state index is 0.0597. The van der Waals surface area contributed by atoms with Crippen molar-refractivity contribution in [2.75, 3.05) is 39.4 Å². The molecule has 2 aromatic heterocycles. The van der Waals surface area contributed by atoms with Crippen LogP contribution in [0.15, 0.2) is 30.3 Å². The van der Waals surface area contributed by atoms with E-state index in [4.69, 9.17) is 4.74 Å². The van der Waals surface area contributed by atoms with Crippen LogP contribution in [-0.4, -0.2) is 45.3 Å². The summed E-state index contributed by atoms with van der Waals surface area (Å²) < 4.78 is 9.10. The molecule has 3 aromatic rings. The molecule has 4 rings (SSSR count).